The first-order valence-corrected chi connectivity index (χ1v) is 10.2. The minimum Gasteiger partial charge on any atom is -0.325 e. The number of hydrogen-bond donors (Lipinski definition) is 2. The molecule has 0 aliphatic heterocycles. The van der Waals surface area contributed by atoms with Crippen LogP contribution in [0, 0.1) is 5.82 Å². The molecule has 2 amide bonds. The van der Waals surface area contributed by atoms with Gasteiger partial charge in [-0.05, 0) is 48.5 Å². The van der Waals surface area contributed by atoms with Gasteiger partial charge in [-0.3, -0.25) is 9.59 Å². The van der Waals surface area contributed by atoms with Gasteiger partial charge in [0.1, 0.15) is 5.82 Å². The maximum Gasteiger partial charge on any atom is 0.258 e. The van der Waals surface area contributed by atoms with Crippen LogP contribution in [0.15, 0.2) is 71.6 Å². The molecule has 29 heavy (non-hydrogen) atoms. The zero-order valence-electron chi connectivity index (χ0n) is 14.9. The van der Waals surface area contributed by atoms with Crippen molar-refractivity contribution in [3.05, 3.63) is 88.2 Å². The van der Waals surface area contributed by atoms with E-state index in [9.17, 15) is 14.0 Å². The summed E-state index contributed by atoms with van der Waals surface area (Å²) in [6.45, 7) is 0. The summed E-state index contributed by atoms with van der Waals surface area (Å²) < 4.78 is 13.7. The van der Waals surface area contributed by atoms with Crippen molar-refractivity contribution in [3.63, 3.8) is 0 Å². The van der Waals surface area contributed by atoms with Gasteiger partial charge in [-0.1, -0.05) is 41.4 Å². The van der Waals surface area contributed by atoms with Crippen molar-refractivity contribution in [1.82, 2.24) is 0 Å². The fourth-order valence-corrected chi connectivity index (χ4v) is 3.48. The lowest BCUT2D eigenvalue weighted by molar-refractivity contribution is -0.113. The molecule has 0 atom stereocenters. The maximum atomic E-state index is 13.7. The summed E-state index contributed by atoms with van der Waals surface area (Å²) in [5, 5.41) is 6.17. The molecular formula is C21H15Cl2FN2O2S. The lowest BCUT2D eigenvalue weighted by Gasteiger charge is -2.09. The van der Waals surface area contributed by atoms with Gasteiger partial charge in [-0.25, -0.2) is 4.39 Å². The summed E-state index contributed by atoms with van der Waals surface area (Å²) in [5.41, 5.74) is 1.02. The van der Waals surface area contributed by atoms with E-state index in [1.807, 2.05) is 6.07 Å². The number of nitrogens with one attached hydrogen (secondary N) is 2. The molecule has 148 valence electrons. The zero-order chi connectivity index (χ0) is 20.8. The van der Waals surface area contributed by atoms with Crippen molar-refractivity contribution in [2.24, 2.45) is 0 Å². The summed E-state index contributed by atoms with van der Waals surface area (Å²) in [5.74, 6) is -1.18. The Hall–Kier alpha value is -2.54. The predicted octanol–water partition coefficient (Wildman–Crippen LogP) is 6.12. The smallest absolute Gasteiger partial charge is 0.258 e. The second-order valence-corrected chi connectivity index (χ2v) is 7.79. The van der Waals surface area contributed by atoms with E-state index in [1.54, 1.807) is 42.5 Å². The molecule has 3 rings (SSSR count). The Morgan fingerprint density at radius 2 is 1.62 bits per heavy atom. The van der Waals surface area contributed by atoms with E-state index >= 15 is 0 Å². The third-order valence-electron chi connectivity index (χ3n) is 3.78. The molecule has 0 saturated carbocycles. The molecule has 3 aromatic rings. The molecular weight excluding hydrogens is 434 g/mol. The Labute approximate surface area is 181 Å². The molecule has 0 heterocycles. The number of anilines is 2. The molecule has 3 aromatic carbocycles. The average Bonchev–Trinajstić information content (AvgIpc) is 2.70. The van der Waals surface area contributed by atoms with Crippen LogP contribution >= 0.6 is 35.0 Å². The molecule has 8 heteroatoms. The third kappa shape index (κ3) is 5.97. The highest BCUT2D eigenvalue weighted by Crippen LogP contribution is 2.26. The van der Waals surface area contributed by atoms with Crippen LogP contribution in [0.3, 0.4) is 0 Å². The van der Waals surface area contributed by atoms with Gasteiger partial charge in [0.25, 0.3) is 5.91 Å². The normalized spacial score (nSPS) is 10.4. The second-order valence-electron chi connectivity index (χ2n) is 5.93. The fourth-order valence-electron chi connectivity index (χ4n) is 2.43. The first-order valence-electron chi connectivity index (χ1n) is 8.46. The Morgan fingerprint density at radius 3 is 2.38 bits per heavy atom. The predicted molar refractivity (Wildman–Crippen MR) is 117 cm³/mol. The van der Waals surface area contributed by atoms with Crippen molar-refractivity contribution in [3.8, 4) is 0 Å². The molecule has 0 radical (unpaired) electrons. The van der Waals surface area contributed by atoms with Crippen LogP contribution < -0.4 is 10.6 Å². The van der Waals surface area contributed by atoms with Crippen LogP contribution in [-0.4, -0.2) is 17.6 Å². The van der Waals surface area contributed by atoms with Gasteiger partial charge in [0.15, 0.2) is 0 Å². The van der Waals surface area contributed by atoms with Gasteiger partial charge >= 0.3 is 0 Å². The SMILES string of the molecule is O=C(CSc1cccc(NC(=O)c2ccccc2F)c1)Nc1ccc(Cl)c(Cl)c1. The Kier molecular flexibility index (Phi) is 7.14. The van der Waals surface area contributed by atoms with Crippen molar-refractivity contribution >= 4 is 58.2 Å². The summed E-state index contributed by atoms with van der Waals surface area (Å²) in [6, 6.07) is 17.6. The monoisotopic (exact) mass is 448 g/mol. The van der Waals surface area contributed by atoms with Crippen LogP contribution in [0.5, 0.6) is 0 Å². The number of thioether (sulfide) groups is 1. The number of benzene rings is 3. The minimum atomic E-state index is -0.588. The average molecular weight is 449 g/mol. The number of carbonyl (C=O) groups excluding carboxylic acids is 2. The van der Waals surface area contributed by atoms with E-state index < -0.39 is 11.7 Å². The summed E-state index contributed by atoms with van der Waals surface area (Å²) >= 11 is 13.1. The fraction of sp³-hybridized carbons (Fsp3) is 0.0476. The highest BCUT2D eigenvalue weighted by Gasteiger charge is 2.11. The van der Waals surface area contributed by atoms with Crippen molar-refractivity contribution in [2.75, 3.05) is 16.4 Å². The van der Waals surface area contributed by atoms with E-state index in [2.05, 4.69) is 10.6 Å². The molecule has 0 unspecified atom stereocenters. The van der Waals surface area contributed by atoms with Crippen LogP contribution in [0.2, 0.25) is 10.0 Å². The number of amides is 2. The van der Waals surface area contributed by atoms with Crippen LogP contribution in [0.4, 0.5) is 15.8 Å². The first-order chi connectivity index (χ1) is 13.9. The molecule has 4 nitrogen and oxygen atoms in total. The van der Waals surface area contributed by atoms with E-state index in [1.165, 1.54) is 30.0 Å². The first kappa shape index (κ1) is 21.2. The number of rotatable bonds is 6. The highest BCUT2D eigenvalue weighted by atomic mass is 35.5. The van der Waals surface area contributed by atoms with Gasteiger partial charge in [0.2, 0.25) is 5.91 Å². The van der Waals surface area contributed by atoms with E-state index in [-0.39, 0.29) is 17.2 Å². The number of hydrogen-bond acceptors (Lipinski definition) is 3. The van der Waals surface area contributed by atoms with Crippen LogP contribution in [0.25, 0.3) is 0 Å². The second kappa shape index (κ2) is 9.78. The molecule has 0 spiro atoms. The van der Waals surface area contributed by atoms with Crippen molar-refractivity contribution < 1.29 is 14.0 Å². The van der Waals surface area contributed by atoms with Gasteiger partial charge in [-0.15, -0.1) is 11.8 Å². The number of carbonyl (C=O) groups is 2. The Morgan fingerprint density at radius 1 is 0.862 bits per heavy atom. The summed E-state index contributed by atoms with van der Waals surface area (Å²) in [4.78, 5) is 25.2. The summed E-state index contributed by atoms with van der Waals surface area (Å²) in [6.07, 6.45) is 0. The van der Waals surface area contributed by atoms with Crippen molar-refractivity contribution in [1.29, 1.82) is 0 Å². The minimum absolute atomic E-state index is 0.0356. The zero-order valence-corrected chi connectivity index (χ0v) is 17.2. The van der Waals surface area contributed by atoms with Crippen LogP contribution in [-0.2, 0) is 4.79 Å². The number of halogens is 3. The molecule has 0 aliphatic carbocycles. The molecule has 2 N–H and O–H groups in total. The van der Waals surface area contributed by atoms with Gasteiger partial charge < -0.3 is 10.6 Å². The van der Waals surface area contributed by atoms with Gasteiger partial charge in [-0.2, -0.15) is 0 Å². The Balaban J connectivity index is 1.58. The molecule has 0 saturated heterocycles. The summed E-state index contributed by atoms with van der Waals surface area (Å²) in [7, 11) is 0. The standard InChI is InChI=1S/C21H15Cl2FN2O2S/c22-17-9-8-14(11-18(17)23)25-20(27)12-29-15-5-3-4-13(10-15)26-21(28)16-6-1-2-7-19(16)24/h1-11H,12H2,(H,25,27)(H,26,28). The van der Waals surface area contributed by atoms with E-state index in [0.717, 1.165) is 4.90 Å². The Bertz CT molecular complexity index is 1060. The highest BCUT2D eigenvalue weighted by molar-refractivity contribution is 8.00. The maximum absolute atomic E-state index is 13.7. The van der Waals surface area contributed by atoms with Gasteiger partial charge in [0.05, 0.1) is 21.4 Å². The lowest BCUT2D eigenvalue weighted by atomic mass is 10.2. The van der Waals surface area contributed by atoms with Gasteiger partial charge in [0, 0.05) is 16.3 Å². The van der Waals surface area contributed by atoms with Crippen LogP contribution in [0.1, 0.15) is 10.4 Å². The molecule has 0 fully saturated rings. The van der Waals surface area contributed by atoms with E-state index in [4.69, 9.17) is 23.2 Å². The quantitative estimate of drug-likeness (QED) is 0.446. The molecule has 0 aliphatic rings. The lowest BCUT2D eigenvalue weighted by Crippen LogP contribution is -2.14. The molecule has 0 bridgehead atoms. The van der Waals surface area contributed by atoms with Crippen molar-refractivity contribution in [2.45, 2.75) is 4.90 Å². The van der Waals surface area contributed by atoms with E-state index in [0.29, 0.717) is 21.4 Å². The largest absolute Gasteiger partial charge is 0.325 e. The topological polar surface area (TPSA) is 58.2 Å². The molecule has 0 aromatic heterocycles. The third-order valence-corrected chi connectivity index (χ3v) is 5.52.